The fourth-order valence-electron chi connectivity index (χ4n) is 2.97. The van der Waals surface area contributed by atoms with E-state index in [1.165, 1.54) is 36.7 Å². The molecule has 1 aromatic carbocycles. The summed E-state index contributed by atoms with van der Waals surface area (Å²) < 4.78 is 0. The number of carbonyl (C=O) groups excluding carboxylic acids is 1. The minimum atomic E-state index is -0.477. The molecule has 1 amide bonds. The van der Waals surface area contributed by atoms with Crippen LogP contribution >= 0.6 is 11.3 Å². The number of benzene rings is 1. The molecule has 0 saturated heterocycles. The fraction of sp³-hybridized carbons (Fsp3) is 0.438. The molecule has 8 heteroatoms. The minimum absolute atomic E-state index is 0.0483. The first-order valence-electron chi connectivity index (χ1n) is 7.99. The number of carbonyl (C=O) groups is 1. The largest absolute Gasteiger partial charge is 0.300 e. The van der Waals surface area contributed by atoms with Crippen LogP contribution in [0.3, 0.4) is 0 Å². The average Bonchev–Trinajstić information content (AvgIpc) is 3.04. The summed E-state index contributed by atoms with van der Waals surface area (Å²) in [7, 11) is 0. The van der Waals surface area contributed by atoms with E-state index < -0.39 is 4.92 Å². The van der Waals surface area contributed by atoms with Gasteiger partial charge in [-0.25, -0.2) is 0 Å². The number of anilines is 1. The number of rotatable bonds is 5. The van der Waals surface area contributed by atoms with Crippen molar-refractivity contribution in [3.05, 3.63) is 45.0 Å². The summed E-state index contributed by atoms with van der Waals surface area (Å²) in [5.74, 6) is 0.118. The second kappa shape index (κ2) is 7.48. The first-order valence-corrected chi connectivity index (χ1v) is 8.80. The molecule has 0 bridgehead atoms. The molecule has 0 aliphatic heterocycles. The Balaban J connectivity index is 1.63. The molecule has 0 atom stereocenters. The van der Waals surface area contributed by atoms with Crippen LogP contribution in [0.2, 0.25) is 0 Å². The first kappa shape index (κ1) is 16.5. The number of amides is 1. The number of hydrogen-bond acceptors (Lipinski definition) is 6. The Labute approximate surface area is 143 Å². The highest BCUT2D eigenvalue weighted by Crippen LogP contribution is 2.35. The van der Waals surface area contributed by atoms with E-state index in [9.17, 15) is 14.9 Å². The van der Waals surface area contributed by atoms with Crippen LogP contribution in [-0.2, 0) is 11.2 Å². The zero-order chi connectivity index (χ0) is 16.9. The van der Waals surface area contributed by atoms with Crippen molar-refractivity contribution in [1.29, 1.82) is 0 Å². The van der Waals surface area contributed by atoms with E-state index in [1.54, 1.807) is 18.2 Å². The summed E-state index contributed by atoms with van der Waals surface area (Å²) in [5.41, 5.74) is 0.338. The third-order valence-corrected chi connectivity index (χ3v) is 5.18. The molecule has 3 rings (SSSR count). The SMILES string of the molecule is O=C(Cc1ccccc1[N+](=O)[O-])Nc1nnc(C2CCCCC2)s1. The van der Waals surface area contributed by atoms with E-state index >= 15 is 0 Å². The van der Waals surface area contributed by atoms with Crippen molar-refractivity contribution >= 4 is 28.1 Å². The molecule has 126 valence electrons. The van der Waals surface area contributed by atoms with Crippen LogP contribution in [0.15, 0.2) is 24.3 Å². The molecule has 24 heavy (non-hydrogen) atoms. The van der Waals surface area contributed by atoms with E-state index in [0.717, 1.165) is 17.8 Å². The normalized spacial score (nSPS) is 15.2. The third-order valence-electron chi connectivity index (χ3n) is 4.18. The van der Waals surface area contributed by atoms with Gasteiger partial charge < -0.3 is 5.32 Å². The van der Waals surface area contributed by atoms with E-state index in [1.807, 2.05) is 0 Å². The Kier molecular flexibility index (Phi) is 5.14. The van der Waals surface area contributed by atoms with Gasteiger partial charge in [0.1, 0.15) is 5.01 Å². The van der Waals surface area contributed by atoms with Gasteiger partial charge in [0.2, 0.25) is 11.0 Å². The Morgan fingerprint density at radius 3 is 2.75 bits per heavy atom. The Morgan fingerprint density at radius 1 is 1.25 bits per heavy atom. The summed E-state index contributed by atoms with van der Waals surface area (Å²) in [4.78, 5) is 22.7. The van der Waals surface area contributed by atoms with Crippen molar-refractivity contribution in [2.75, 3.05) is 5.32 Å². The van der Waals surface area contributed by atoms with Crippen LogP contribution in [0.4, 0.5) is 10.8 Å². The van der Waals surface area contributed by atoms with E-state index in [4.69, 9.17) is 0 Å². The average molecular weight is 346 g/mol. The molecule has 1 aliphatic rings. The Hall–Kier alpha value is -2.35. The lowest BCUT2D eigenvalue weighted by Crippen LogP contribution is -2.15. The smallest absolute Gasteiger partial charge is 0.273 e. The van der Waals surface area contributed by atoms with Gasteiger partial charge in [-0.2, -0.15) is 0 Å². The maximum absolute atomic E-state index is 12.1. The van der Waals surface area contributed by atoms with E-state index in [-0.39, 0.29) is 18.0 Å². The van der Waals surface area contributed by atoms with Crippen molar-refractivity contribution in [1.82, 2.24) is 10.2 Å². The third kappa shape index (κ3) is 3.94. The van der Waals surface area contributed by atoms with Crippen molar-refractivity contribution < 1.29 is 9.72 Å². The standard InChI is InChI=1S/C16H18N4O3S/c21-14(10-12-8-4-5-9-13(12)20(22)23)17-16-19-18-15(24-16)11-6-2-1-3-7-11/h4-5,8-9,11H,1-3,6-7,10H2,(H,17,19,21). The molecular weight excluding hydrogens is 328 g/mol. The van der Waals surface area contributed by atoms with Gasteiger partial charge in [-0.3, -0.25) is 14.9 Å². The van der Waals surface area contributed by atoms with E-state index in [2.05, 4.69) is 15.5 Å². The van der Waals surface area contributed by atoms with Gasteiger partial charge in [-0.1, -0.05) is 48.8 Å². The predicted molar refractivity (Wildman–Crippen MR) is 91.2 cm³/mol. The number of nitrogens with one attached hydrogen (secondary N) is 1. The molecule has 2 aromatic rings. The van der Waals surface area contributed by atoms with Gasteiger partial charge in [0.05, 0.1) is 11.3 Å². The maximum atomic E-state index is 12.1. The molecule has 7 nitrogen and oxygen atoms in total. The molecule has 0 spiro atoms. The van der Waals surface area contributed by atoms with Gasteiger partial charge in [0.15, 0.2) is 0 Å². The monoisotopic (exact) mass is 346 g/mol. The summed E-state index contributed by atoms with van der Waals surface area (Å²) in [6, 6.07) is 6.25. The van der Waals surface area contributed by atoms with Crippen LogP contribution < -0.4 is 5.32 Å². The zero-order valence-electron chi connectivity index (χ0n) is 13.1. The number of para-hydroxylation sites is 1. The summed E-state index contributed by atoms with van der Waals surface area (Å²) in [6.07, 6.45) is 5.88. The van der Waals surface area contributed by atoms with Crippen LogP contribution in [0.1, 0.15) is 48.6 Å². The van der Waals surface area contributed by atoms with Crippen molar-refractivity contribution in [2.24, 2.45) is 0 Å². The number of nitrogens with zero attached hydrogens (tertiary/aromatic N) is 3. The molecular formula is C16H18N4O3S. The number of nitro benzene ring substituents is 1. The molecule has 0 radical (unpaired) electrons. The first-order chi connectivity index (χ1) is 11.6. The predicted octanol–water partition coefficient (Wildman–Crippen LogP) is 3.68. The topological polar surface area (TPSA) is 98.0 Å². The lowest BCUT2D eigenvalue weighted by Gasteiger charge is -2.18. The zero-order valence-corrected chi connectivity index (χ0v) is 13.9. The van der Waals surface area contributed by atoms with Gasteiger partial charge >= 0.3 is 0 Å². The molecule has 1 aromatic heterocycles. The molecule has 1 N–H and O–H groups in total. The summed E-state index contributed by atoms with van der Waals surface area (Å²) in [5, 5.41) is 23.3. The molecule has 1 fully saturated rings. The van der Waals surface area contributed by atoms with Crippen molar-refractivity contribution in [3.63, 3.8) is 0 Å². The maximum Gasteiger partial charge on any atom is 0.273 e. The molecule has 1 heterocycles. The Bertz CT molecular complexity index is 740. The highest BCUT2D eigenvalue weighted by Gasteiger charge is 2.21. The second-order valence-corrected chi connectivity index (χ2v) is 6.90. The van der Waals surface area contributed by atoms with Gasteiger partial charge in [-0.05, 0) is 12.8 Å². The van der Waals surface area contributed by atoms with Crippen molar-refractivity contribution in [3.8, 4) is 0 Å². The van der Waals surface area contributed by atoms with Crippen LogP contribution in [0.5, 0.6) is 0 Å². The van der Waals surface area contributed by atoms with Gasteiger partial charge in [-0.15, -0.1) is 10.2 Å². The quantitative estimate of drug-likeness (QED) is 0.658. The lowest BCUT2D eigenvalue weighted by molar-refractivity contribution is -0.385. The summed E-state index contributed by atoms with van der Waals surface area (Å²) >= 11 is 1.40. The molecule has 1 aliphatic carbocycles. The van der Waals surface area contributed by atoms with Gasteiger partial charge in [0, 0.05) is 17.5 Å². The number of nitro groups is 1. The minimum Gasteiger partial charge on any atom is -0.300 e. The molecule has 1 saturated carbocycles. The lowest BCUT2D eigenvalue weighted by atomic mass is 9.90. The number of hydrogen-bond donors (Lipinski definition) is 1. The molecule has 0 unspecified atom stereocenters. The van der Waals surface area contributed by atoms with Crippen molar-refractivity contribution in [2.45, 2.75) is 44.4 Å². The number of aromatic nitrogens is 2. The van der Waals surface area contributed by atoms with Crippen LogP contribution in [-0.4, -0.2) is 21.0 Å². The van der Waals surface area contributed by atoms with Crippen LogP contribution in [0.25, 0.3) is 0 Å². The highest BCUT2D eigenvalue weighted by molar-refractivity contribution is 7.15. The Morgan fingerprint density at radius 2 is 2.00 bits per heavy atom. The van der Waals surface area contributed by atoms with E-state index in [0.29, 0.717) is 16.6 Å². The second-order valence-electron chi connectivity index (χ2n) is 5.89. The van der Waals surface area contributed by atoms with Gasteiger partial charge in [0.25, 0.3) is 5.69 Å². The fourth-order valence-corrected chi connectivity index (χ4v) is 3.90. The van der Waals surface area contributed by atoms with Crippen LogP contribution in [0, 0.1) is 10.1 Å². The summed E-state index contributed by atoms with van der Waals surface area (Å²) in [6.45, 7) is 0. The highest BCUT2D eigenvalue weighted by atomic mass is 32.1.